The van der Waals surface area contributed by atoms with Gasteiger partial charge in [0.05, 0.1) is 12.2 Å². The van der Waals surface area contributed by atoms with Gasteiger partial charge in [-0.15, -0.1) is 0 Å². The Bertz CT molecular complexity index is 1160. The van der Waals surface area contributed by atoms with E-state index in [9.17, 15) is 4.79 Å². The van der Waals surface area contributed by atoms with E-state index in [1.807, 2.05) is 36.4 Å². The largest absolute Gasteiger partial charge is 0.473 e. The highest BCUT2D eigenvalue weighted by Crippen LogP contribution is 2.37. The number of oxazole rings is 1. The van der Waals surface area contributed by atoms with E-state index in [4.69, 9.17) is 25.5 Å². The molecule has 0 fully saturated rings. The van der Waals surface area contributed by atoms with Crippen molar-refractivity contribution in [1.29, 1.82) is 0 Å². The molecule has 1 heterocycles. The summed E-state index contributed by atoms with van der Waals surface area (Å²) in [6, 6.07) is 19.8. The molecular formula is C23H17BrClNO4. The van der Waals surface area contributed by atoms with E-state index in [0.29, 0.717) is 33.4 Å². The molecule has 3 aromatic carbocycles. The van der Waals surface area contributed by atoms with E-state index in [2.05, 4.69) is 20.9 Å². The molecule has 1 atom stereocenters. The van der Waals surface area contributed by atoms with Crippen LogP contribution in [0.4, 0.5) is 0 Å². The van der Waals surface area contributed by atoms with Gasteiger partial charge in [-0.2, -0.15) is 0 Å². The van der Waals surface area contributed by atoms with Gasteiger partial charge < -0.3 is 13.9 Å². The third kappa shape index (κ3) is 4.35. The molecule has 1 unspecified atom stereocenters. The highest BCUT2D eigenvalue weighted by Gasteiger charge is 2.26. The quantitative estimate of drug-likeness (QED) is 0.288. The standard InChI is InChI=1S/C23H17BrClNO4/c1-2-28-23(27)21(14-7-10-16(25)11-8-14)29-19-12-9-15(24)13-17(19)22-26-18-5-3-4-6-20(18)30-22/h3-13,21H,2H2,1H3. The molecule has 0 aliphatic heterocycles. The first-order valence-electron chi connectivity index (χ1n) is 9.29. The van der Waals surface area contributed by atoms with Gasteiger partial charge in [-0.05, 0) is 49.4 Å². The van der Waals surface area contributed by atoms with Crippen LogP contribution in [0.15, 0.2) is 75.6 Å². The van der Waals surface area contributed by atoms with Gasteiger partial charge in [0.2, 0.25) is 12.0 Å². The second kappa shape index (κ2) is 8.90. The zero-order valence-electron chi connectivity index (χ0n) is 16.0. The molecule has 0 saturated heterocycles. The smallest absolute Gasteiger partial charge is 0.352 e. The highest BCUT2D eigenvalue weighted by atomic mass is 79.9. The number of esters is 1. The number of fused-ring (bicyclic) bond motifs is 1. The molecule has 0 spiro atoms. The van der Waals surface area contributed by atoms with Gasteiger partial charge in [-0.1, -0.05) is 51.8 Å². The van der Waals surface area contributed by atoms with E-state index in [1.54, 1.807) is 37.3 Å². The minimum Gasteiger partial charge on any atom is -0.473 e. The third-order valence-corrected chi connectivity index (χ3v) is 5.13. The summed E-state index contributed by atoms with van der Waals surface area (Å²) in [5.41, 5.74) is 2.64. The minimum absolute atomic E-state index is 0.241. The van der Waals surface area contributed by atoms with Crippen LogP contribution in [0, 0.1) is 0 Å². The zero-order chi connectivity index (χ0) is 21.1. The molecular weight excluding hydrogens is 470 g/mol. The Kier molecular flexibility index (Phi) is 6.06. The van der Waals surface area contributed by atoms with E-state index in [1.165, 1.54) is 0 Å². The summed E-state index contributed by atoms with van der Waals surface area (Å²) in [7, 11) is 0. The van der Waals surface area contributed by atoms with Crippen LogP contribution in [0.5, 0.6) is 5.75 Å². The molecule has 1 aromatic heterocycles. The van der Waals surface area contributed by atoms with Crippen molar-refractivity contribution in [2.24, 2.45) is 0 Å². The number of rotatable bonds is 6. The van der Waals surface area contributed by atoms with E-state index >= 15 is 0 Å². The van der Waals surface area contributed by atoms with Crippen molar-refractivity contribution in [3.05, 3.63) is 81.8 Å². The maximum atomic E-state index is 12.7. The lowest BCUT2D eigenvalue weighted by atomic mass is 10.1. The average Bonchev–Trinajstić information content (AvgIpc) is 3.18. The fourth-order valence-electron chi connectivity index (χ4n) is 2.99. The molecule has 4 aromatic rings. The number of para-hydroxylation sites is 2. The Morgan fingerprint density at radius 2 is 1.90 bits per heavy atom. The van der Waals surface area contributed by atoms with Crippen LogP contribution in [-0.4, -0.2) is 17.6 Å². The maximum Gasteiger partial charge on any atom is 0.352 e. The number of carbonyl (C=O) groups is 1. The summed E-state index contributed by atoms with van der Waals surface area (Å²) in [6.07, 6.45) is -0.966. The van der Waals surface area contributed by atoms with Gasteiger partial charge in [0.1, 0.15) is 11.3 Å². The number of nitrogens with zero attached hydrogens (tertiary/aromatic N) is 1. The summed E-state index contributed by atoms with van der Waals surface area (Å²) in [5, 5.41) is 0.567. The number of benzene rings is 3. The SMILES string of the molecule is CCOC(=O)C(Oc1ccc(Br)cc1-c1nc2ccccc2o1)c1ccc(Cl)cc1. The summed E-state index contributed by atoms with van der Waals surface area (Å²) >= 11 is 9.47. The van der Waals surface area contributed by atoms with Crippen molar-refractivity contribution in [2.45, 2.75) is 13.0 Å². The van der Waals surface area contributed by atoms with Crippen LogP contribution in [0.1, 0.15) is 18.6 Å². The van der Waals surface area contributed by atoms with Crippen LogP contribution in [0.2, 0.25) is 5.02 Å². The van der Waals surface area contributed by atoms with Crippen molar-refractivity contribution in [1.82, 2.24) is 4.98 Å². The van der Waals surface area contributed by atoms with Crippen LogP contribution in [0.3, 0.4) is 0 Å². The van der Waals surface area contributed by atoms with Gasteiger partial charge >= 0.3 is 5.97 Å². The molecule has 30 heavy (non-hydrogen) atoms. The fourth-order valence-corrected chi connectivity index (χ4v) is 3.48. The number of ether oxygens (including phenoxy) is 2. The number of carbonyl (C=O) groups excluding carboxylic acids is 1. The molecule has 0 amide bonds. The highest BCUT2D eigenvalue weighted by molar-refractivity contribution is 9.10. The summed E-state index contributed by atoms with van der Waals surface area (Å²) < 4.78 is 18.1. The third-order valence-electron chi connectivity index (χ3n) is 4.38. The van der Waals surface area contributed by atoms with Gasteiger partial charge in [0, 0.05) is 15.1 Å². The molecule has 0 aliphatic carbocycles. The van der Waals surface area contributed by atoms with Crippen LogP contribution >= 0.6 is 27.5 Å². The Morgan fingerprint density at radius 3 is 2.63 bits per heavy atom. The predicted octanol–water partition coefficient (Wildman–Crippen LogP) is 6.59. The average molecular weight is 487 g/mol. The van der Waals surface area contributed by atoms with E-state index in [-0.39, 0.29) is 6.61 Å². The normalized spacial score (nSPS) is 12.0. The summed E-state index contributed by atoms with van der Waals surface area (Å²) in [6.45, 7) is 1.99. The Morgan fingerprint density at radius 1 is 1.13 bits per heavy atom. The zero-order valence-corrected chi connectivity index (χ0v) is 18.3. The molecule has 152 valence electrons. The molecule has 5 nitrogen and oxygen atoms in total. The Hall–Kier alpha value is -2.83. The van der Waals surface area contributed by atoms with Crippen molar-refractivity contribution < 1.29 is 18.7 Å². The summed E-state index contributed by atoms with van der Waals surface area (Å²) in [4.78, 5) is 17.2. The first kappa shape index (κ1) is 20.4. The molecule has 4 rings (SSSR count). The van der Waals surface area contributed by atoms with Crippen LogP contribution in [-0.2, 0) is 9.53 Å². The molecule has 7 heteroatoms. The number of hydrogen-bond acceptors (Lipinski definition) is 5. The van der Waals surface area contributed by atoms with E-state index < -0.39 is 12.1 Å². The number of aromatic nitrogens is 1. The van der Waals surface area contributed by atoms with Gasteiger partial charge in [0.15, 0.2) is 5.58 Å². The van der Waals surface area contributed by atoms with E-state index in [0.717, 1.165) is 9.99 Å². The minimum atomic E-state index is -0.966. The van der Waals surface area contributed by atoms with Crippen molar-refractivity contribution in [3.63, 3.8) is 0 Å². The Balaban J connectivity index is 1.76. The van der Waals surface area contributed by atoms with Crippen molar-refractivity contribution >= 4 is 44.6 Å². The second-order valence-electron chi connectivity index (χ2n) is 6.43. The second-order valence-corrected chi connectivity index (χ2v) is 7.78. The first-order chi connectivity index (χ1) is 14.5. The summed E-state index contributed by atoms with van der Waals surface area (Å²) in [5.74, 6) is 0.343. The van der Waals surface area contributed by atoms with Crippen LogP contribution in [0.25, 0.3) is 22.6 Å². The molecule has 0 N–H and O–H groups in total. The topological polar surface area (TPSA) is 61.6 Å². The van der Waals surface area contributed by atoms with Gasteiger partial charge in [-0.25, -0.2) is 9.78 Å². The lowest BCUT2D eigenvalue weighted by Crippen LogP contribution is -2.21. The monoisotopic (exact) mass is 485 g/mol. The molecule has 0 saturated carbocycles. The van der Waals surface area contributed by atoms with Crippen LogP contribution < -0.4 is 4.74 Å². The fraction of sp³-hybridized carbons (Fsp3) is 0.130. The lowest BCUT2D eigenvalue weighted by Gasteiger charge is -2.19. The van der Waals surface area contributed by atoms with Gasteiger partial charge in [-0.3, -0.25) is 0 Å². The van der Waals surface area contributed by atoms with Crippen molar-refractivity contribution in [3.8, 4) is 17.2 Å². The van der Waals surface area contributed by atoms with Gasteiger partial charge in [0.25, 0.3) is 0 Å². The first-order valence-corrected chi connectivity index (χ1v) is 10.5. The molecule has 0 radical (unpaired) electrons. The molecule has 0 aliphatic rings. The molecule has 0 bridgehead atoms. The lowest BCUT2D eigenvalue weighted by molar-refractivity contribution is -0.151. The number of hydrogen-bond donors (Lipinski definition) is 0. The maximum absolute atomic E-state index is 12.7. The van der Waals surface area contributed by atoms with Crippen molar-refractivity contribution in [2.75, 3.05) is 6.61 Å². The number of halogens is 2. The Labute approximate surface area is 186 Å². The predicted molar refractivity (Wildman–Crippen MR) is 119 cm³/mol.